The second-order valence-corrected chi connectivity index (χ2v) is 5.75. The van der Waals surface area contributed by atoms with E-state index in [2.05, 4.69) is 26.1 Å². The first-order valence-electron chi connectivity index (χ1n) is 7.70. The SMILES string of the molecule is O=C(Nc1nc2ccccc2[nH]1)C1CNNC1c1ccc(F)cc1. The van der Waals surface area contributed by atoms with Gasteiger partial charge in [0.1, 0.15) is 5.82 Å². The van der Waals surface area contributed by atoms with Crippen LogP contribution < -0.4 is 16.2 Å². The van der Waals surface area contributed by atoms with Crippen molar-refractivity contribution in [2.45, 2.75) is 6.04 Å². The lowest BCUT2D eigenvalue weighted by Crippen LogP contribution is -2.30. The Morgan fingerprint density at radius 3 is 2.75 bits per heavy atom. The zero-order chi connectivity index (χ0) is 16.5. The molecule has 4 N–H and O–H groups in total. The molecular formula is C17H16FN5O. The van der Waals surface area contributed by atoms with E-state index in [1.807, 2.05) is 24.3 Å². The molecule has 24 heavy (non-hydrogen) atoms. The number of rotatable bonds is 3. The molecule has 1 fully saturated rings. The molecule has 0 radical (unpaired) electrons. The number of hydrogen-bond acceptors (Lipinski definition) is 4. The summed E-state index contributed by atoms with van der Waals surface area (Å²) < 4.78 is 13.1. The summed E-state index contributed by atoms with van der Waals surface area (Å²) in [5.41, 5.74) is 8.58. The zero-order valence-corrected chi connectivity index (χ0v) is 12.7. The number of benzene rings is 2. The summed E-state index contributed by atoms with van der Waals surface area (Å²) in [7, 11) is 0. The van der Waals surface area contributed by atoms with Crippen LogP contribution in [0.1, 0.15) is 11.6 Å². The number of halogens is 1. The van der Waals surface area contributed by atoms with Crippen molar-refractivity contribution in [2.24, 2.45) is 5.92 Å². The van der Waals surface area contributed by atoms with Gasteiger partial charge in [-0.25, -0.2) is 14.8 Å². The molecule has 1 saturated heterocycles. The van der Waals surface area contributed by atoms with Crippen LogP contribution in [0.3, 0.4) is 0 Å². The molecule has 0 aliphatic carbocycles. The second-order valence-electron chi connectivity index (χ2n) is 5.75. The average molecular weight is 325 g/mol. The van der Waals surface area contributed by atoms with Crippen molar-refractivity contribution in [3.8, 4) is 0 Å². The molecule has 1 amide bonds. The van der Waals surface area contributed by atoms with Crippen molar-refractivity contribution in [3.05, 3.63) is 59.9 Å². The van der Waals surface area contributed by atoms with E-state index in [4.69, 9.17) is 0 Å². The van der Waals surface area contributed by atoms with E-state index in [0.29, 0.717) is 12.5 Å². The van der Waals surface area contributed by atoms with E-state index in [1.54, 1.807) is 12.1 Å². The molecule has 2 unspecified atom stereocenters. The minimum absolute atomic E-state index is 0.152. The molecule has 3 aromatic rings. The first-order chi connectivity index (χ1) is 11.7. The van der Waals surface area contributed by atoms with Gasteiger partial charge in [-0.2, -0.15) is 0 Å². The zero-order valence-electron chi connectivity index (χ0n) is 12.7. The number of nitrogens with zero attached hydrogens (tertiary/aromatic N) is 1. The Hall–Kier alpha value is -2.77. The van der Waals surface area contributed by atoms with E-state index in [0.717, 1.165) is 16.6 Å². The third-order valence-corrected chi connectivity index (χ3v) is 4.18. The molecule has 0 saturated carbocycles. The second kappa shape index (κ2) is 6.03. The summed E-state index contributed by atoms with van der Waals surface area (Å²) in [6.07, 6.45) is 0. The normalized spacial score (nSPS) is 20.4. The Balaban J connectivity index is 1.53. The third kappa shape index (κ3) is 2.75. The molecule has 6 nitrogen and oxygen atoms in total. The first-order valence-corrected chi connectivity index (χ1v) is 7.70. The number of hydrogen-bond donors (Lipinski definition) is 4. The summed E-state index contributed by atoms with van der Waals surface area (Å²) in [5, 5.41) is 2.82. The van der Waals surface area contributed by atoms with E-state index < -0.39 is 0 Å². The first kappa shape index (κ1) is 14.8. The summed E-state index contributed by atoms with van der Waals surface area (Å²) in [6, 6.07) is 13.5. The molecule has 122 valence electrons. The maximum Gasteiger partial charge on any atom is 0.233 e. The van der Waals surface area contributed by atoms with E-state index in [-0.39, 0.29) is 23.7 Å². The van der Waals surface area contributed by atoms with Crippen molar-refractivity contribution >= 4 is 22.9 Å². The highest BCUT2D eigenvalue weighted by Gasteiger charge is 2.34. The monoisotopic (exact) mass is 325 g/mol. The number of para-hydroxylation sites is 2. The summed E-state index contributed by atoms with van der Waals surface area (Å²) in [6.45, 7) is 0.480. The van der Waals surface area contributed by atoms with Crippen molar-refractivity contribution in [1.82, 2.24) is 20.8 Å². The fraction of sp³-hybridized carbons (Fsp3) is 0.176. The number of fused-ring (bicyclic) bond motifs is 1. The number of carbonyl (C=O) groups is 1. The molecule has 2 atom stereocenters. The van der Waals surface area contributed by atoms with Crippen LogP contribution in [-0.4, -0.2) is 22.4 Å². The molecule has 4 rings (SSSR count). The summed E-state index contributed by atoms with van der Waals surface area (Å²) >= 11 is 0. The standard InChI is InChI=1S/C17H16FN5O/c18-11-7-5-10(6-8-11)15-12(9-19-23-15)16(24)22-17-20-13-3-1-2-4-14(13)21-17/h1-8,12,15,19,23H,9H2,(H2,20,21,22,24). The lowest BCUT2D eigenvalue weighted by atomic mass is 9.94. The van der Waals surface area contributed by atoms with Crippen LogP contribution in [-0.2, 0) is 4.79 Å². The van der Waals surface area contributed by atoms with Gasteiger partial charge in [0.05, 0.1) is 23.0 Å². The van der Waals surface area contributed by atoms with Gasteiger partial charge in [-0.1, -0.05) is 24.3 Å². The van der Waals surface area contributed by atoms with Crippen LogP contribution in [0.15, 0.2) is 48.5 Å². The number of nitrogens with one attached hydrogen (secondary N) is 4. The molecule has 0 spiro atoms. The maximum atomic E-state index is 13.1. The lowest BCUT2D eigenvalue weighted by Gasteiger charge is -2.17. The van der Waals surface area contributed by atoms with Gasteiger partial charge in [0, 0.05) is 6.54 Å². The molecule has 1 aliphatic rings. The van der Waals surface area contributed by atoms with E-state index >= 15 is 0 Å². The average Bonchev–Trinajstić information content (AvgIpc) is 3.21. The highest BCUT2D eigenvalue weighted by molar-refractivity contribution is 5.93. The maximum absolute atomic E-state index is 13.1. The molecule has 7 heteroatoms. The highest BCUT2D eigenvalue weighted by atomic mass is 19.1. The molecule has 0 bridgehead atoms. The molecule has 2 heterocycles. The van der Waals surface area contributed by atoms with Gasteiger partial charge < -0.3 is 4.98 Å². The topological polar surface area (TPSA) is 81.8 Å². The minimum atomic E-state index is -0.330. The Labute approximate surface area is 137 Å². The van der Waals surface area contributed by atoms with Crippen molar-refractivity contribution in [1.29, 1.82) is 0 Å². The Morgan fingerprint density at radius 1 is 1.17 bits per heavy atom. The number of carbonyl (C=O) groups excluding carboxylic acids is 1. The largest absolute Gasteiger partial charge is 0.324 e. The van der Waals surface area contributed by atoms with Crippen LogP contribution in [0.4, 0.5) is 10.3 Å². The highest BCUT2D eigenvalue weighted by Crippen LogP contribution is 2.26. The quantitative estimate of drug-likeness (QED) is 0.594. The number of hydrazine groups is 1. The number of H-pyrrole nitrogens is 1. The molecule has 1 aliphatic heterocycles. The van der Waals surface area contributed by atoms with E-state index in [9.17, 15) is 9.18 Å². The summed E-state index contributed by atoms with van der Waals surface area (Å²) in [4.78, 5) is 20.1. The van der Waals surface area contributed by atoms with Crippen molar-refractivity contribution in [2.75, 3.05) is 11.9 Å². The predicted octanol–water partition coefficient (Wildman–Crippen LogP) is 2.11. The van der Waals surface area contributed by atoms with Crippen molar-refractivity contribution in [3.63, 3.8) is 0 Å². The number of amides is 1. The van der Waals surface area contributed by atoms with Crippen LogP contribution >= 0.6 is 0 Å². The molecule has 2 aromatic carbocycles. The Kier molecular flexibility index (Phi) is 3.72. The third-order valence-electron chi connectivity index (χ3n) is 4.18. The smallest absolute Gasteiger partial charge is 0.233 e. The van der Waals surface area contributed by atoms with Gasteiger partial charge in [-0.15, -0.1) is 0 Å². The number of imidazole rings is 1. The fourth-order valence-electron chi connectivity index (χ4n) is 2.95. The van der Waals surface area contributed by atoms with Gasteiger partial charge in [-0.05, 0) is 29.8 Å². The summed E-state index contributed by atoms with van der Waals surface area (Å²) in [5.74, 6) is -0.358. The van der Waals surface area contributed by atoms with Crippen LogP contribution in [0.5, 0.6) is 0 Å². The minimum Gasteiger partial charge on any atom is -0.324 e. The van der Waals surface area contributed by atoms with Crippen LogP contribution in [0, 0.1) is 11.7 Å². The Morgan fingerprint density at radius 2 is 1.96 bits per heavy atom. The van der Waals surface area contributed by atoms with Crippen LogP contribution in [0.2, 0.25) is 0 Å². The molecular weight excluding hydrogens is 309 g/mol. The van der Waals surface area contributed by atoms with Gasteiger partial charge in [0.2, 0.25) is 11.9 Å². The predicted molar refractivity (Wildman–Crippen MR) is 88.5 cm³/mol. The van der Waals surface area contributed by atoms with Gasteiger partial charge in [-0.3, -0.25) is 15.5 Å². The molecule has 1 aromatic heterocycles. The van der Waals surface area contributed by atoms with Gasteiger partial charge in [0.15, 0.2) is 0 Å². The van der Waals surface area contributed by atoms with Crippen LogP contribution in [0.25, 0.3) is 11.0 Å². The van der Waals surface area contributed by atoms with Gasteiger partial charge in [0.25, 0.3) is 0 Å². The van der Waals surface area contributed by atoms with E-state index in [1.165, 1.54) is 12.1 Å². The number of anilines is 1. The number of aromatic amines is 1. The Bertz CT molecular complexity index is 843. The van der Waals surface area contributed by atoms with Gasteiger partial charge >= 0.3 is 0 Å². The number of aromatic nitrogens is 2. The lowest BCUT2D eigenvalue weighted by molar-refractivity contribution is -0.119. The fourth-order valence-corrected chi connectivity index (χ4v) is 2.95. The van der Waals surface area contributed by atoms with Crippen molar-refractivity contribution < 1.29 is 9.18 Å².